The minimum Gasteiger partial charge on any atom is -0.506 e. The summed E-state index contributed by atoms with van der Waals surface area (Å²) < 4.78 is 15.0. The smallest absolute Gasteiger partial charge is 0.144 e. The molecule has 55 heavy (non-hydrogen) atoms. The predicted molar refractivity (Wildman–Crippen MR) is 221 cm³/mol. The topological polar surface area (TPSA) is 76.7 Å². The average molecular weight is 710 g/mol. The molecule has 0 radical (unpaired) electrons. The van der Waals surface area contributed by atoms with Crippen LogP contribution < -0.4 is 0 Å². The third-order valence-electron chi connectivity index (χ3n) is 10.7. The summed E-state index contributed by atoms with van der Waals surface area (Å²) in [5.74, 6) is 0.127. The van der Waals surface area contributed by atoms with Crippen molar-refractivity contribution in [1.82, 2.24) is 14.4 Å². The van der Waals surface area contributed by atoms with E-state index in [1.807, 2.05) is 84.9 Å². The highest BCUT2D eigenvalue weighted by Gasteiger charge is 2.23. The Balaban J connectivity index is 1.22. The maximum atomic E-state index is 12.0. The van der Waals surface area contributed by atoms with Crippen molar-refractivity contribution in [2.75, 3.05) is 0 Å². The van der Waals surface area contributed by atoms with Crippen LogP contribution in [0.1, 0.15) is 5.56 Å². The number of furan rings is 2. The molecule has 6 aromatic carbocycles. The maximum Gasteiger partial charge on any atom is 0.144 e. The van der Waals surface area contributed by atoms with E-state index in [9.17, 15) is 5.11 Å². The van der Waals surface area contributed by atoms with Crippen LogP contribution >= 0.6 is 0 Å². The Kier molecular flexibility index (Phi) is 6.82. The summed E-state index contributed by atoms with van der Waals surface area (Å²) in [5.41, 5.74) is 13.5. The number of hydrogen-bond acceptors (Lipinski definition) is 5. The fourth-order valence-electron chi connectivity index (χ4n) is 8.09. The number of aryl methyl sites for hydroxylation is 1. The van der Waals surface area contributed by atoms with Gasteiger partial charge in [0, 0.05) is 44.6 Å². The standard InChI is InChI=1S/C49H31N3O3/c1-29-13-5-6-16-33(29)31-27-39(35-22-23-43-45(48(35)53)36-18-8-10-20-42(36)54-43)50-40(28-31)38-26-32(25-37-34-17-7-9-19-41(34)55-49(37)38)46-47(30-14-3-2-4-15-30)52-24-12-11-21-44(52)51-46/h2-28,53H,1H3. The number of nitrogens with zero attached hydrogens (tertiary/aromatic N) is 3. The highest BCUT2D eigenvalue weighted by Crippen LogP contribution is 2.45. The van der Waals surface area contributed by atoms with Crippen LogP contribution in [-0.2, 0) is 0 Å². The molecule has 0 atom stereocenters. The van der Waals surface area contributed by atoms with Crippen LogP contribution in [0.25, 0.3) is 106 Å². The molecule has 0 aliphatic carbocycles. The molecule has 5 heterocycles. The first kappa shape index (κ1) is 31.1. The normalized spacial score (nSPS) is 11.8. The van der Waals surface area contributed by atoms with Gasteiger partial charge >= 0.3 is 0 Å². The van der Waals surface area contributed by atoms with Gasteiger partial charge in [0.25, 0.3) is 0 Å². The Morgan fingerprint density at radius 1 is 0.509 bits per heavy atom. The number of rotatable bonds is 5. The first-order valence-corrected chi connectivity index (χ1v) is 18.3. The second-order valence-electron chi connectivity index (χ2n) is 14.0. The summed E-state index contributed by atoms with van der Waals surface area (Å²) in [6.07, 6.45) is 2.06. The Morgan fingerprint density at radius 2 is 1.22 bits per heavy atom. The zero-order valence-corrected chi connectivity index (χ0v) is 29.7. The van der Waals surface area contributed by atoms with Crippen molar-refractivity contribution in [3.05, 3.63) is 169 Å². The van der Waals surface area contributed by atoms with Gasteiger partial charge in [0.1, 0.15) is 33.7 Å². The number of para-hydroxylation sites is 2. The summed E-state index contributed by atoms with van der Waals surface area (Å²) >= 11 is 0. The largest absolute Gasteiger partial charge is 0.506 e. The van der Waals surface area contributed by atoms with Gasteiger partial charge in [-0.05, 0) is 84.3 Å². The summed E-state index contributed by atoms with van der Waals surface area (Å²) in [4.78, 5) is 10.6. The number of fused-ring (bicyclic) bond motifs is 7. The first-order valence-electron chi connectivity index (χ1n) is 18.3. The predicted octanol–water partition coefficient (Wildman–Crippen LogP) is 12.9. The number of phenolic OH excluding ortho intramolecular Hbond substituents is 1. The average Bonchev–Trinajstić information content (AvgIpc) is 3.93. The molecule has 0 bridgehead atoms. The molecule has 6 heteroatoms. The van der Waals surface area contributed by atoms with Gasteiger partial charge in [-0.25, -0.2) is 9.97 Å². The molecule has 0 fully saturated rings. The molecule has 0 saturated carbocycles. The van der Waals surface area contributed by atoms with Crippen molar-refractivity contribution in [3.8, 4) is 61.9 Å². The van der Waals surface area contributed by atoms with E-state index < -0.39 is 0 Å². The van der Waals surface area contributed by atoms with Crippen LogP contribution in [0.3, 0.4) is 0 Å². The van der Waals surface area contributed by atoms with E-state index in [1.54, 1.807) is 0 Å². The molecule has 0 unspecified atom stereocenters. The second kappa shape index (κ2) is 12.0. The van der Waals surface area contributed by atoms with Gasteiger partial charge in [-0.2, -0.15) is 0 Å². The Bertz CT molecular complexity index is 3300. The first-order chi connectivity index (χ1) is 27.1. The lowest BCUT2D eigenvalue weighted by atomic mass is 9.94. The van der Waals surface area contributed by atoms with Crippen LogP contribution in [0, 0.1) is 6.92 Å². The lowest BCUT2D eigenvalue weighted by molar-refractivity contribution is 0.483. The molecule has 0 spiro atoms. The zero-order valence-electron chi connectivity index (χ0n) is 29.7. The van der Waals surface area contributed by atoms with E-state index in [4.69, 9.17) is 18.8 Å². The molecule has 1 N–H and O–H groups in total. The van der Waals surface area contributed by atoms with Crippen LogP contribution in [0.5, 0.6) is 5.75 Å². The summed E-state index contributed by atoms with van der Waals surface area (Å²) in [6, 6.07) is 53.1. The minimum atomic E-state index is 0.127. The molecule has 11 aromatic rings. The number of hydrogen-bond donors (Lipinski definition) is 1. The van der Waals surface area contributed by atoms with Crippen molar-refractivity contribution in [3.63, 3.8) is 0 Å². The maximum absolute atomic E-state index is 12.0. The highest BCUT2D eigenvalue weighted by atomic mass is 16.3. The molecular formula is C49H31N3O3. The van der Waals surface area contributed by atoms with Crippen molar-refractivity contribution in [1.29, 1.82) is 0 Å². The van der Waals surface area contributed by atoms with Gasteiger partial charge in [-0.1, -0.05) is 97.1 Å². The van der Waals surface area contributed by atoms with Gasteiger partial charge < -0.3 is 13.9 Å². The molecule has 0 saturated heterocycles. The third kappa shape index (κ3) is 4.89. The number of pyridine rings is 2. The zero-order chi connectivity index (χ0) is 36.6. The lowest BCUT2D eigenvalue weighted by Crippen LogP contribution is -1.94. The van der Waals surface area contributed by atoms with Crippen LogP contribution in [0.4, 0.5) is 0 Å². The van der Waals surface area contributed by atoms with Gasteiger partial charge in [0.2, 0.25) is 0 Å². The van der Waals surface area contributed by atoms with E-state index in [0.29, 0.717) is 27.9 Å². The van der Waals surface area contributed by atoms with Crippen molar-refractivity contribution in [2.24, 2.45) is 0 Å². The number of benzene rings is 6. The minimum absolute atomic E-state index is 0.127. The van der Waals surface area contributed by atoms with E-state index in [1.165, 1.54) is 0 Å². The Morgan fingerprint density at radius 3 is 2.05 bits per heavy atom. The molecule has 11 rings (SSSR count). The van der Waals surface area contributed by atoms with Gasteiger partial charge in [0.05, 0.1) is 28.2 Å². The molecule has 0 aliphatic rings. The molecule has 260 valence electrons. The molecular weight excluding hydrogens is 679 g/mol. The monoisotopic (exact) mass is 709 g/mol. The highest BCUT2D eigenvalue weighted by molar-refractivity contribution is 6.12. The number of aromatic nitrogens is 3. The van der Waals surface area contributed by atoms with Crippen LogP contribution in [0.2, 0.25) is 0 Å². The summed E-state index contributed by atoms with van der Waals surface area (Å²) in [6.45, 7) is 2.11. The van der Waals surface area contributed by atoms with Crippen LogP contribution in [0.15, 0.2) is 173 Å². The molecule has 6 nitrogen and oxygen atoms in total. The fourth-order valence-corrected chi connectivity index (χ4v) is 8.09. The van der Waals surface area contributed by atoms with Gasteiger partial charge in [-0.15, -0.1) is 0 Å². The number of aromatic hydroxyl groups is 1. The van der Waals surface area contributed by atoms with E-state index in [0.717, 1.165) is 83.3 Å². The van der Waals surface area contributed by atoms with Gasteiger partial charge in [0.15, 0.2) is 0 Å². The van der Waals surface area contributed by atoms with Crippen molar-refractivity contribution in [2.45, 2.75) is 6.92 Å². The number of imidazole rings is 1. The fraction of sp³-hybridized carbons (Fsp3) is 0.0204. The summed E-state index contributed by atoms with van der Waals surface area (Å²) in [7, 11) is 0. The SMILES string of the molecule is Cc1ccccc1-c1cc(-c2ccc3oc4ccccc4c3c2O)nc(-c2cc(-c3nc4ccccn4c3-c3ccccc3)cc3c2oc2ccccc23)c1. The molecule has 5 aromatic heterocycles. The number of phenols is 1. The molecule has 0 aliphatic heterocycles. The lowest BCUT2D eigenvalue weighted by Gasteiger charge is -2.14. The van der Waals surface area contributed by atoms with E-state index in [-0.39, 0.29) is 5.75 Å². The Hall–Kier alpha value is -7.44. The van der Waals surface area contributed by atoms with Crippen LogP contribution in [-0.4, -0.2) is 19.5 Å². The van der Waals surface area contributed by atoms with E-state index in [2.05, 4.69) is 90.3 Å². The van der Waals surface area contributed by atoms with Gasteiger partial charge in [-0.3, -0.25) is 4.40 Å². The molecule has 0 amide bonds. The van der Waals surface area contributed by atoms with Crippen molar-refractivity contribution < 1.29 is 13.9 Å². The van der Waals surface area contributed by atoms with Crippen molar-refractivity contribution >= 4 is 49.5 Å². The quantitative estimate of drug-likeness (QED) is 0.192. The third-order valence-corrected chi connectivity index (χ3v) is 10.7. The Labute approximate surface area is 315 Å². The second-order valence-corrected chi connectivity index (χ2v) is 14.0. The van der Waals surface area contributed by atoms with E-state index >= 15 is 0 Å². The summed E-state index contributed by atoms with van der Waals surface area (Å²) in [5, 5.41) is 15.5.